The summed E-state index contributed by atoms with van der Waals surface area (Å²) in [5, 5.41) is 15.0. The van der Waals surface area contributed by atoms with Crippen molar-refractivity contribution < 1.29 is 9.59 Å². The van der Waals surface area contributed by atoms with Crippen molar-refractivity contribution in [3.05, 3.63) is 54.1 Å². The summed E-state index contributed by atoms with van der Waals surface area (Å²) in [6.07, 6.45) is 3.28. The Balaban J connectivity index is 1.29. The fraction of sp³-hybridized carbons (Fsp3) is 0.348. The molecule has 1 saturated heterocycles. The van der Waals surface area contributed by atoms with Crippen LogP contribution in [0.5, 0.6) is 0 Å². The highest BCUT2D eigenvalue weighted by Gasteiger charge is 2.35. The molecular formula is C23H24N6O2. The fourth-order valence-electron chi connectivity index (χ4n) is 4.01. The summed E-state index contributed by atoms with van der Waals surface area (Å²) in [5.41, 5.74) is 3.55. The normalized spacial score (nSPS) is 18.4. The molecule has 1 aliphatic heterocycles. The number of hydrogen-bond donors (Lipinski definition) is 1. The van der Waals surface area contributed by atoms with Crippen molar-refractivity contribution >= 4 is 23.2 Å². The molecule has 2 fully saturated rings. The zero-order valence-electron chi connectivity index (χ0n) is 17.4. The van der Waals surface area contributed by atoms with E-state index in [1.807, 2.05) is 53.2 Å². The van der Waals surface area contributed by atoms with E-state index in [0.717, 1.165) is 30.5 Å². The van der Waals surface area contributed by atoms with Crippen LogP contribution in [0.3, 0.4) is 0 Å². The van der Waals surface area contributed by atoms with Gasteiger partial charge in [-0.1, -0.05) is 31.2 Å². The molecule has 3 aromatic rings. The second-order valence-corrected chi connectivity index (χ2v) is 8.18. The van der Waals surface area contributed by atoms with Crippen LogP contribution in [-0.2, 0) is 16.0 Å². The number of hydrogen-bond acceptors (Lipinski definition) is 5. The van der Waals surface area contributed by atoms with E-state index in [1.54, 1.807) is 4.90 Å². The molecule has 158 valence electrons. The van der Waals surface area contributed by atoms with Crippen LogP contribution in [0.1, 0.15) is 37.8 Å². The van der Waals surface area contributed by atoms with Crippen molar-refractivity contribution in [2.45, 2.75) is 38.6 Å². The largest absolute Gasteiger partial charge is 0.326 e. The molecule has 1 N–H and O–H groups in total. The third-order valence-electron chi connectivity index (χ3n) is 5.90. The number of nitrogens with one attached hydrogen (secondary N) is 1. The van der Waals surface area contributed by atoms with Crippen LogP contribution in [0.4, 0.5) is 11.4 Å². The monoisotopic (exact) mass is 416 g/mol. The molecule has 0 bridgehead atoms. The van der Waals surface area contributed by atoms with Crippen LogP contribution in [0.2, 0.25) is 0 Å². The molecule has 1 aromatic heterocycles. The lowest BCUT2D eigenvalue weighted by molar-refractivity contribution is -0.122. The van der Waals surface area contributed by atoms with Gasteiger partial charge in [-0.05, 0) is 59.5 Å². The topological polar surface area (TPSA) is 93.0 Å². The molecule has 2 aliphatic rings. The van der Waals surface area contributed by atoms with Crippen LogP contribution < -0.4 is 10.2 Å². The number of carbonyl (C=O) groups excluding carboxylic acids is 2. The lowest BCUT2D eigenvalue weighted by Crippen LogP contribution is -2.28. The van der Waals surface area contributed by atoms with Gasteiger partial charge in [0, 0.05) is 29.9 Å². The molecule has 1 saturated carbocycles. The molecule has 0 radical (unpaired) electrons. The van der Waals surface area contributed by atoms with Gasteiger partial charge in [-0.2, -0.15) is 0 Å². The quantitative estimate of drug-likeness (QED) is 0.666. The summed E-state index contributed by atoms with van der Waals surface area (Å²) in [7, 11) is 0. The molecule has 5 rings (SSSR count). The Labute approximate surface area is 180 Å². The highest BCUT2D eigenvalue weighted by Crippen LogP contribution is 2.37. The zero-order valence-corrected chi connectivity index (χ0v) is 17.4. The Hall–Kier alpha value is -3.55. The number of carbonyl (C=O) groups is 2. The van der Waals surface area contributed by atoms with E-state index in [1.165, 1.54) is 5.56 Å². The second-order valence-electron chi connectivity index (χ2n) is 8.18. The minimum atomic E-state index is -0.391. The molecule has 1 atom stereocenters. The molecule has 8 nitrogen and oxygen atoms in total. The molecule has 1 unspecified atom stereocenters. The first kappa shape index (κ1) is 19.4. The zero-order chi connectivity index (χ0) is 21.4. The first-order chi connectivity index (χ1) is 15.1. The average Bonchev–Trinajstić information content (AvgIpc) is 3.37. The molecule has 0 spiro atoms. The molecule has 2 amide bonds. The number of nitrogens with zero attached hydrogens (tertiary/aromatic N) is 5. The highest BCUT2D eigenvalue weighted by atomic mass is 16.2. The molecule has 8 heteroatoms. The van der Waals surface area contributed by atoms with E-state index in [2.05, 4.69) is 27.8 Å². The Kier molecular flexibility index (Phi) is 4.97. The number of tetrazole rings is 1. The minimum absolute atomic E-state index is 0.0224. The molecule has 31 heavy (non-hydrogen) atoms. The molecule has 2 heterocycles. The smallest absolute Gasteiger partial charge is 0.229 e. The third kappa shape index (κ3) is 3.93. The van der Waals surface area contributed by atoms with Crippen molar-refractivity contribution in [1.29, 1.82) is 0 Å². The van der Waals surface area contributed by atoms with E-state index in [-0.39, 0.29) is 18.2 Å². The summed E-state index contributed by atoms with van der Waals surface area (Å²) < 4.78 is 1.85. The van der Waals surface area contributed by atoms with Gasteiger partial charge in [0.2, 0.25) is 11.8 Å². The SMILES string of the molecule is CCc1cccc(N2CC(C(=O)Nc3cccc(-c4nnnn4C4CC4)c3)CC2=O)c1. The minimum Gasteiger partial charge on any atom is -0.326 e. The Morgan fingerprint density at radius 2 is 2.00 bits per heavy atom. The van der Waals surface area contributed by atoms with Crippen LogP contribution >= 0.6 is 0 Å². The van der Waals surface area contributed by atoms with Gasteiger partial charge in [0.05, 0.1) is 12.0 Å². The van der Waals surface area contributed by atoms with Gasteiger partial charge in [0.1, 0.15) is 0 Å². The standard InChI is InChI=1S/C23H24N6O2/c1-2-15-5-3-8-20(11-15)28-14-17(13-21(28)30)23(31)24-18-7-4-6-16(12-18)22-25-26-27-29(22)19-9-10-19/h3-8,11-12,17,19H,2,9-10,13-14H2,1H3,(H,24,31). The van der Waals surface area contributed by atoms with Crippen molar-refractivity contribution in [2.75, 3.05) is 16.8 Å². The third-order valence-corrected chi connectivity index (χ3v) is 5.90. The van der Waals surface area contributed by atoms with Crippen molar-refractivity contribution in [2.24, 2.45) is 5.92 Å². The highest BCUT2D eigenvalue weighted by molar-refractivity contribution is 6.03. The average molecular weight is 416 g/mol. The first-order valence-electron chi connectivity index (χ1n) is 10.7. The van der Waals surface area contributed by atoms with Crippen LogP contribution in [0, 0.1) is 5.92 Å². The first-order valence-corrected chi connectivity index (χ1v) is 10.7. The maximum atomic E-state index is 12.9. The number of aryl methyl sites for hydroxylation is 1. The number of aromatic nitrogens is 4. The molecule has 1 aliphatic carbocycles. The van der Waals surface area contributed by atoms with Gasteiger partial charge < -0.3 is 10.2 Å². The fourth-order valence-corrected chi connectivity index (χ4v) is 4.01. The van der Waals surface area contributed by atoms with Gasteiger partial charge in [-0.15, -0.1) is 5.10 Å². The summed E-state index contributed by atoms with van der Waals surface area (Å²) in [6, 6.07) is 15.8. The van der Waals surface area contributed by atoms with E-state index in [9.17, 15) is 9.59 Å². The summed E-state index contributed by atoms with van der Waals surface area (Å²) in [4.78, 5) is 27.2. The Bertz CT molecular complexity index is 1140. The van der Waals surface area contributed by atoms with E-state index in [4.69, 9.17) is 0 Å². The number of anilines is 2. The summed E-state index contributed by atoms with van der Waals surface area (Å²) in [6.45, 7) is 2.47. The maximum Gasteiger partial charge on any atom is 0.229 e. The van der Waals surface area contributed by atoms with E-state index >= 15 is 0 Å². The molecule has 2 aromatic carbocycles. The van der Waals surface area contributed by atoms with Crippen LogP contribution in [-0.4, -0.2) is 38.6 Å². The number of rotatable bonds is 6. The number of amides is 2. The predicted octanol–water partition coefficient (Wildman–Crippen LogP) is 3.23. The Morgan fingerprint density at radius 3 is 2.81 bits per heavy atom. The lowest BCUT2D eigenvalue weighted by Gasteiger charge is -2.17. The predicted molar refractivity (Wildman–Crippen MR) is 116 cm³/mol. The van der Waals surface area contributed by atoms with Gasteiger partial charge in [-0.25, -0.2) is 4.68 Å². The van der Waals surface area contributed by atoms with Gasteiger partial charge in [0.15, 0.2) is 5.82 Å². The van der Waals surface area contributed by atoms with E-state index in [0.29, 0.717) is 24.1 Å². The van der Waals surface area contributed by atoms with Crippen molar-refractivity contribution in [3.63, 3.8) is 0 Å². The van der Waals surface area contributed by atoms with Gasteiger partial charge in [-0.3, -0.25) is 9.59 Å². The lowest BCUT2D eigenvalue weighted by atomic mass is 10.1. The Morgan fingerprint density at radius 1 is 1.16 bits per heavy atom. The van der Waals surface area contributed by atoms with Gasteiger partial charge in [0.25, 0.3) is 0 Å². The molecular weight excluding hydrogens is 392 g/mol. The van der Waals surface area contributed by atoms with Crippen LogP contribution in [0.25, 0.3) is 11.4 Å². The number of benzene rings is 2. The van der Waals surface area contributed by atoms with E-state index < -0.39 is 5.92 Å². The maximum absolute atomic E-state index is 12.9. The van der Waals surface area contributed by atoms with Crippen LogP contribution in [0.15, 0.2) is 48.5 Å². The summed E-state index contributed by atoms with van der Waals surface area (Å²) in [5.74, 6) is 0.141. The van der Waals surface area contributed by atoms with Crippen molar-refractivity contribution in [3.8, 4) is 11.4 Å². The summed E-state index contributed by atoms with van der Waals surface area (Å²) >= 11 is 0. The second kappa shape index (κ2) is 7.94. The van der Waals surface area contributed by atoms with Gasteiger partial charge >= 0.3 is 0 Å². The van der Waals surface area contributed by atoms with Crippen molar-refractivity contribution in [1.82, 2.24) is 20.2 Å².